The van der Waals surface area contributed by atoms with Crippen LogP contribution in [-0.4, -0.2) is 0 Å². The molecule has 0 saturated carbocycles. The fourth-order valence-electron chi connectivity index (χ4n) is 2.09. The molecule has 96 valence electrons. The Morgan fingerprint density at radius 2 is 1.89 bits per heavy atom. The molecule has 1 heterocycles. The highest BCUT2D eigenvalue weighted by molar-refractivity contribution is 7.12. The maximum absolute atomic E-state index is 13.5. The number of aryl methyl sites for hydroxylation is 3. The average molecular weight is 263 g/mol. The van der Waals surface area contributed by atoms with Gasteiger partial charge in [-0.2, -0.15) is 0 Å². The third-order valence-corrected chi connectivity index (χ3v) is 4.08. The molecule has 2 rings (SSSR count). The number of benzene rings is 1. The quantitative estimate of drug-likeness (QED) is 0.823. The molecule has 1 unspecified atom stereocenters. The van der Waals surface area contributed by atoms with Crippen LogP contribution in [0.3, 0.4) is 0 Å². The molecule has 0 fully saturated rings. The van der Waals surface area contributed by atoms with E-state index >= 15 is 0 Å². The Labute approximate surface area is 112 Å². The van der Waals surface area contributed by atoms with Crippen molar-refractivity contribution in [3.63, 3.8) is 0 Å². The fourth-order valence-corrected chi connectivity index (χ4v) is 3.11. The largest absolute Gasteiger partial charge is 0.378 e. The highest BCUT2D eigenvalue weighted by Gasteiger charge is 2.11. The second kappa shape index (κ2) is 5.11. The molecule has 0 spiro atoms. The minimum atomic E-state index is -0.162. The molecule has 0 radical (unpaired) electrons. The molecule has 1 aromatic heterocycles. The molecule has 0 aliphatic carbocycles. The van der Waals surface area contributed by atoms with E-state index in [2.05, 4.69) is 32.2 Å². The van der Waals surface area contributed by atoms with Crippen LogP contribution in [0.2, 0.25) is 0 Å². The molecule has 0 aliphatic rings. The Balaban J connectivity index is 2.18. The maximum Gasteiger partial charge on any atom is 0.128 e. The van der Waals surface area contributed by atoms with Crippen LogP contribution >= 0.6 is 11.3 Å². The van der Waals surface area contributed by atoms with E-state index in [-0.39, 0.29) is 11.9 Å². The third-order valence-electron chi connectivity index (χ3n) is 3.10. The number of hydrogen-bond acceptors (Lipinski definition) is 2. The van der Waals surface area contributed by atoms with Gasteiger partial charge in [-0.25, -0.2) is 4.39 Å². The van der Waals surface area contributed by atoms with Gasteiger partial charge in [-0.1, -0.05) is 6.07 Å². The van der Waals surface area contributed by atoms with Gasteiger partial charge >= 0.3 is 0 Å². The van der Waals surface area contributed by atoms with Crippen molar-refractivity contribution in [2.24, 2.45) is 0 Å². The average Bonchev–Trinajstić information content (AvgIpc) is 2.63. The number of hydrogen-bond donors (Lipinski definition) is 1. The number of nitrogens with one attached hydrogen (secondary N) is 1. The lowest BCUT2D eigenvalue weighted by Gasteiger charge is -2.15. The molecule has 1 aromatic carbocycles. The molecule has 0 bridgehead atoms. The minimum Gasteiger partial charge on any atom is -0.378 e. The number of halogens is 1. The first-order valence-electron chi connectivity index (χ1n) is 6.07. The summed E-state index contributed by atoms with van der Waals surface area (Å²) in [6.07, 6.45) is 0. The van der Waals surface area contributed by atoms with Crippen molar-refractivity contribution in [2.45, 2.75) is 33.7 Å². The SMILES string of the molecule is Cc1cc(C(C)Nc2ccc(C)c(F)c2)c(C)s1. The summed E-state index contributed by atoms with van der Waals surface area (Å²) >= 11 is 1.80. The molecule has 1 N–H and O–H groups in total. The first-order valence-corrected chi connectivity index (χ1v) is 6.88. The molecule has 18 heavy (non-hydrogen) atoms. The summed E-state index contributed by atoms with van der Waals surface area (Å²) in [5, 5.41) is 3.35. The molecular formula is C15H18FNS. The lowest BCUT2D eigenvalue weighted by atomic mass is 10.1. The van der Waals surface area contributed by atoms with Crippen LogP contribution < -0.4 is 5.32 Å². The highest BCUT2D eigenvalue weighted by Crippen LogP contribution is 2.28. The van der Waals surface area contributed by atoms with E-state index in [1.807, 2.05) is 6.07 Å². The number of rotatable bonds is 3. The standard InChI is InChI=1S/C15H18FNS/c1-9-5-6-13(8-15(9)16)17-11(3)14-7-10(2)18-12(14)4/h5-8,11,17H,1-4H3. The molecule has 0 aliphatic heterocycles. The Kier molecular flexibility index (Phi) is 3.71. The van der Waals surface area contributed by atoms with E-state index in [9.17, 15) is 4.39 Å². The van der Waals surface area contributed by atoms with Gasteiger partial charge in [0, 0.05) is 21.5 Å². The monoisotopic (exact) mass is 263 g/mol. The smallest absolute Gasteiger partial charge is 0.128 e. The van der Waals surface area contributed by atoms with Crippen LogP contribution in [0.1, 0.15) is 33.8 Å². The summed E-state index contributed by atoms with van der Waals surface area (Å²) < 4.78 is 13.5. The molecule has 1 nitrogen and oxygen atoms in total. The second-order valence-electron chi connectivity index (χ2n) is 4.70. The predicted molar refractivity (Wildman–Crippen MR) is 77.0 cm³/mol. The second-order valence-corrected chi connectivity index (χ2v) is 6.16. The van der Waals surface area contributed by atoms with Crippen molar-refractivity contribution in [1.82, 2.24) is 0 Å². The summed E-state index contributed by atoms with van der Waals surface area (Å²) in [5.41, 5.74) is 2.79. The normalized spacial score (nSPS) is 12.5. The predicted octanol–water partition coefficient (Wildman–Crippen LogP) is 4.99. The van der Waals surface area contributed by atoms with Gasteiger partial charge in [0.1, 0.15) is 5.82 Å². The van der Waals surface area contributed by atoms with Crippen LogP contribution in [0.15, 0.2) is 24.3 Å². The van der Waals surface area contributed by atoms with Gasteiger partial charge in [0.25, 0.3) is 0 Å². The Morgan fingerprint density at radius 3 is 2.44 bits per heavy atom. The topological polar surface area (TPSA) is 12.0 Å². The molecule has 0 saturated heterocycles. The Bertz CT molecular complexity index is 560. The van der Waals surface area contributed by atoms with E-state index in [1.54, 1.807) is 30.4 Å². The van der Waals surface area contributed by atoms with E-state index in [0.29, 0.717) is 5.56 Å². The van der Waals surface area contributed by atoms with Crippen LogP contribution in [0.25, 0.3) is 0 Å². The van der Waals surface area contributed by atoms with Gasteiger partial charge in [0.2, 0.25) is 0 Å². The van der Waals surface area contributed by atoms with Crippen molar-refractivity contribution in [3.05, 3.63) is 51.0 Å². The molecule has 2 aromatic rings. The van der Waals surface area contributed by atoms with Crippen molar-refractivity contribution < 1.29 is 4.39 Å². The lowest BCUT2D eigenvalue weighted by molar-refractivity contribution is 0.618. The van der Waals surface area contributed by atoms with Crippen LogP contribution in [0.5, 0.6) is 0 Å². The summed E-state index contributed by atoms with van der Waals surface area (Å²) in [4.78, 5) is 2.63. The van der Waals surface area contributed by atoms with Gasteiger partial charge in [0.15, 0.2) is 0 Å². The fraction of sp³-hybridized carbons (Fsp3) is 0.333. The summed E-state index contributed by atoms with van der Waals surface area (Å²) in [5.74, 6) is -0.162. The van der Waals surface area contributed by atoms with E-state index in [4.69, 9.17) is 0 Å². The van der Waals surface area contributed by atoms with Crippen molar-refractivity contribution in [2.75, 3.05) is 5.32 Å². The third kappa shape index (κ3) is 2.72. The zero-order valence-corrected chi connectivity index (χ0v) is 12.0. The number of thiophene rings is 1. The van der Waals surface area contributed by atoms with E-state index < -0.39 is 0 Å². The maximum atomic E-state index is 13.5. The zero-order valence-electron chi connectivity index (χ0n) is 11.2. The van der Waals surface area contributed by atoms with Crippen molar-refractivity contribution in [1.29, 1.82) is 0 Å². The summed E-state index contributed by atoms with van der Waals surface area (Å²) in [6, 6.07) is 7.67. The molecule has 0 amide bonds. The van der Waals surface area contributed by atoms with Crippen LogP contribution in [0, 0.1) is 26.6 Å². The highest BCUT2D eigenvalue weighted by atomic mass is 32.1. The molecule has 3 heteroatoms. The molecular weight excluding hydrogens is 245 g/mol. The van der Waals surface area contributed by atoms with Crippen LogP contribution in [0.4, 0.5) is 10.1 Å². The summed E-state index contributed by atoms with van der Waals surface area (Å²) in [6.45, 7) is 8.11. The Hall–Kier alpha value is -1.35. The first-order chi connectivity index (χ1) is 8.47. The van der Waals surface area contributed by atoms with E-state index in [1.165, 1.54) is 15.3 Å². The van der Waals surface area contributed by atoms with Crippen molar-refractivity contribution in [3.8, 4) is 0 Å². The zero-order chi connectivity index (χ0) is 13.3. The lowest BCUT2D eigenvalue weighted by Crippen LogP contribution is -2.07. The minimum absolute atomic E-state index is 0.162. The molecule has 1 atom stereocenters. The van der Waals surface area contributed by atoms with Gasteiger partial charge in [0.05, 0.1) is 0 Å². The van der Waals surface area contributed by atoms with Gasteiger partial charge in [-0.05, 0) is 57.0 Å². The van der Waals surface area contributed by atoms with E-state index in [0.717, 1.165) is 5.69 Å². The Morgan fingerprint density at radius 1 is 1.17 bits per heavy atom. The first kappa shape index (κ1) is 13.1. The van der Waals surface area contributed by atoms with Crippen LogP contribution in [-0.2, 0) is 0 Å². The van der Waals surface area contributed by atoms with Gasteiger partial charge < -0.3 is 5.32 Å². The number of anilines is 1. The van der Waals surface area contributed by atoms with Gasteiger partial charge in [-0.15, -0.1) is 11.3 Å². The van der Waals surface area contributed by atoms with Gasteiger partial charge in [-0.3, -0.25) is 0 Å². The summed E-state index contributed by atoms with van der Waals surface area (Å²) in [7, 11) is 0. The van der Waals surface area contributed by atoms with Crippen molar-refractivity contribution >= 4 is 17.0 Å².